The van der Waals surface area contributed by atoms with Crippen LogP contribution in [0.3, 0.4) is 0 Å². The topological polar surface area (TPSA) is 90.0 Å². The van der Waals surface area contributed by atoms with E-state index in [0.29, 0.717) is 30.4 Å². The quantitative estimate of drug-likeness (QED) is 0.816. The van der Waals surface area contributed by atoms with Gasteiger partial charge in [-0.3, -0.25) is 9.89 Å². The van der Waals surface area contributed by atoms with Crippen molar-refractivity contribution in [1.82, 2.24) is 25.5 Å². The zero-order valence-corrected chi connectivity index (χ0v) is 15.6. The van der Waals surface area contributed by atoms with Crippen LogP contribution in [0.15, 0.2) is 12.3 Å². The minimum absolute atomic E-state index is 0.152. The highest BCUT2D eigenvalue weighted by atomic mass is 19.1. The average Bonchev–Trinajstić information content (AvgIpc) is 3.35. The highest BCUT2D eigenvalue weighted by molar-refractivity contribution is 5.94. The van der Waals surface area contributed by atoms with Crippen LogP contribution in [0, 0.1) is 0 Å². The summed E-state index contributed by atoms with van der Waals surface area (Å²) in [7, 11) is 3.72. The molecule has 1 aliphatic heterocycles. The number of nitrogens with zero attached hydrogens (tertiary/aromatic N) is 5. The molecule has 2 aromatic heterocycles. The Morgan fingerprint density at radius 3 is 3.11 bits per heavy atom. The molecular weight excluding hydrogens is 349 g/mol. The Bertz CT molecular complexity index is 837. The molecule has 0 saturated carbocycles. The number of anilines is 2. The molecule has 4 rings (SSSR count). The second-order valence-electron chi connectivity index (χ2n) is 7.34. The lowest BCUT2D eigenvalue weighted by atomic mass is 10.1. The van der Waals surface area contributed by atoms with Crippen LogP contribution in [-0.4, -0.2) is 65.5 Å². The van der Waals surface area contributed by atoms with Crippen LogP contribution in [0.5, 0.6) is 0 Å². The van der Waals surface area contributed by atoms with Crippen molar-refractivity contribution >= 4 is 17.7 Å². The molecule has 144 valence electrons. The normalized spacial score (nSPS) is 21.4. The van der Waals surface area contributed by atoms with E-state index in [0.717, 1.165) is 30.5 Å². The molecule has 1 saturated heterocycles. The van der Waals surface area contributed by atoms with Crippen molar-refractivity contribution in [3.05, 3.63) is 29.2 Å². The Morgan fingerprint density at radius 1 is 1.44 bits per heavy atom. The fraction of sp³-hybridized carbons (Fsp3) is 0.556. The molecule has 0 radical (unpaired) electrons. The molecule has 0 unspecified atom stereocenters. The van der Waals surface area contributed by atoms with E-state index in [2.05, 4.69) is 25.5 Å². The zero-order valence-electron chi connectivity index (χ0n) is 15.6. The number of rotatable bonds is 5. The summed E-state index contributed by atoms with van der Waals surface area (Å²) in [6.07, 6.45) is 3.96. The first-order valence-corrected chi connectivity index (χ1v) is 9.28. The monoisotopic (exact) mass is 373 g/mol. The maximum absolute atomic E-state index is 14.1. The van der Waals surface area contributed by atoms with Gasteiger partial charge in [-0.05, 0) is 25.3 Å². The van der Waals surface area contributed by atoms with Gasteiger partial charge in [-0.1, -0.05) is 0 Å². The Hall–Kier alpha value is -2.71. The molecule has 9 heteroatoms. The van der Waals surface area contributed by atoms with E-state index in [1.807, 2.05) is 19.0 Å². The summed E-state index contributed by atoms with van der Waals surface area (Å²) in [4.78, 5) is 25.0. The minimum atomic E-state index is -0.945. The van der Waals surface area contributed by atoms with E-state index in [9.17, 15) is 9.18 Å². The first-order valence-electron chi connectivity index (χ1n) is 9.28. The van der Waals surface area contributed by atoms with Crippen LogP contribution >= 0.6 is 0 Å². The standard InChI is InChI=1S/C18H24FN7O/c1-25(2)18-20-7-6-15(22-18)26-10-11(19)8-12(26)9-21-17(27)16-13-4-3-5-14(13)23-24-16/h6-7,11-12H,3-5,8-10H2,1-2H3,(H,21,27)(H,23,24)/t11-,12-/m0/s1. The summed E-state index contributed by atoms with van der Waals surface area (Å²) in [5.74, 6) is 1.05. The number of H-pyrrole nitrogens is 1. The molecule has 2 aliphatic rings. The van der Waals surface area contributed by atoms with Crippen molar-refractivity contribution in [2.24, 2.45) is 0 Å². The van der Waals surface area contributed by atoms with Gasteiger partial charge in [0.15, 0.2) is 5.69 Å². The summed E-state index contributed by atoms with van der Waals surface area (Å²) in [5, 5.41) is 10.0. The van der Waals surface area contributed by atoms with Gasteiger partial charge < -0.3 is 15.1 Å². The number of amides is 1. The first kappa shape index (κ1) is 17.7. The van der Waals surface area contributed by atoms with E-state index in [1.165, 1.54) is 0 Å². The maximum atomic E-state index is 14.1. The van der Waals surface area contributed by atoms with E-state index in [4.69, 9.17) is 0 Å². The molecule has 2 atom stereocenters. The SMILES string of the molecule is CN(C)c1nccc(N2C[C@@H](F)C[C@H]2CNC(=O)c2n[nH]c3c2CCC3)n1. The molecule has 0 aromatic carbocycles. The fourth-order valence-corrected chi connectivity index (χ4v) is 3.85. The van der Waals surface area contributed by atoms with Gasteiger partial charge >= 0.3 is 0 Å². The number of halogens is 1. The van der Waals surface area contributed by atoms with Gasteiger partial charge in [0.25, 0.3) is 5.91 Å². The third-order valence-corrected chi connectivity index (χ3v) is 5.21. The van der Waals surface area contributed by atoms with Crippen molar-refractivity contribution in [1.29, 1.82) is 0 Å². The maximum Gasteiger partial charge on any atom is 0.272 e. The largest absolute Gasteiger partial charge is 0.349 e. The Labute approximate surface area is 157 Å². The fourth-order valence-electron chi connectivity index (χ4n) is 3.85. The number of carbonyl (C=O) groups is 1. The summed E-state index contributed by atoms with van der Waals surface area (Å²) < 4.78 is 14.1. The van der Waals surface area contributed by atoms with Gasteiger partial charge in [-0.15, -0.1) is 0 Å². The van der Waals surface area contributed by atoms with E-state index < -0.39 is 6.17 Å². The van der Waals surface area contributed by atoms with Crippen molar-refractivity contribution < 1.29 is 9.18 Å². The lowest BCUT2D eigenvalue weighted by molar-refractivity contribution is 0.0945. The molecule has 0 bridgehead atoms. The molecule has 2 aromatic rings. The summed E-state index contributed by atoms with van der Waals surface area (Å²) >= 11 is 0. The molecule has 1 aliphatic carbocycles. The van der Waals surface area contributed by atoms with E-state index in [1.54, 1.807) is 17.2 Å². The van der Waals surface area contributed by atoms with Crippen molar-refractivity contribution in [3.8, 4) is 0 Å². The Balaban J connectivity index is 1.45. The van der Waals surface area contributed by atoms with Crippen LogP contribution in [-0.2, 0) is 12.8 Å². The highest BCUT2D eigenvalue weighted by Crippen LogP contribution is 2.27. The summed E-state index contributed by atoms with van der Waals surface area (Å²) in [6.45, 7) is 0.615. The number of fused-ring (bicyclic) bond motifs is 1. The summed E-state index contributed by atoms with van der Waals surface area (Å²) in [5.41, 5.74) is 2.55. The van der Waals surface area contributed by atoms with Crippen molar-refractivity contribution in [3.63, 3.8) is 0 Å². The smallest absolute Gasteiger partial charge is 0.272 e. The van der Waals surface area contributed by atoms with Crippen LogP contribution in [0.2, 0.25) is 0 Å². The van der Waals surface area contributed by atoms with Crippen LogP contribution in [0.1, 0.15) is 34.6 Å². The lowest BCUT2D eigenvalue weighted by Crippen LogP contribution is -2.41. The van der Waals surface area contributed by atoms with E-state index in [-0.39, 0.29) is 18.5 Å². The second kappa shape index (κ2) is 7.13. The summed E-state index contributed by atoms with van der Waals surface area (Å²) in [6, 6.07) is 1.63. The highest BCUT2D eigenvalue weighted by Gasteiger charge is 2.34. The van der Waals surface area contributed by atoms with Crippen molar-refractivity contribution in [2.75, 3.05) is 37.0 Å². The van der Waals surface area contributed by atoms with Gasteiger partial charge in [0, 0.05) is 44.5 Å². The number of aromatic amines is 1. The molecule has 3 heterocycles. The molecule has 1 fully saturated rings. The van der Waals surface area contributed by atoms with Crippen LogP contribution in [0.25, 0.3) is 0 Å². The molecule has 1 amide bonds. The number of alkyl halides is 1. The lowest BCUT2D eigenvalue weighted by Gasteiger charge is -2.26. The third-order valence-electron chi connectivity index (χ3n) is 5.21. The predicted molar refractivity (Wildman–Crippen MR) is 100.0 cm³/mol. The van der Waals surface area contributed by atoms with Gasteiger partial charge in [0.1, 0.15) is 12.0 Å². The van der Waals surface area contributed by atoms with E-state index >= 15 is 0 Å². The number of hydrogen-bond donors (Lipinski definition) is 2. The van der Waals surface area contributed by atoms with Crippen molar-refractivity contribution in [2.45, 2.75) is 37.9 Å². The molecule has 8 nitrogen and oxygen atoms in total. The number of carbonyl (C=O) groups excluding carboxylic acids is 1. The average molecular weight is 373 g/mol. The zero-order chi connectivity index (χ0) is 19.0. The van der Waals surface area contributed by atoms with Gasteiger partial charge in [0.05, 0.1) is 12.6 Å². The number of aromatic nitrogens is 4. The second-order valence-corrected chi connectivity index (χ2v) is 7.34. The van der Waals surface area contributed by atoms with Crippen LogP contribution in [0.4, 0.5) is 16.2 Å². The third kappa shape index (κ3) is 3.45. The molecular formula is C18H24FN7O. The molecule has 27 heavy (non-hydrogen) atoms. The minimum Gasteiger partial charge on any atom is -0.349 e. The number of hydrogen-bond acceptors (Lipinski definition) is 6. The van der Waals surface area contributed by atoms with Gasteiger partial charge in [-0.2, -0.15) is 10.1 Å². The molecule has 2 N–H and O–H groups in total. The number of nitrogens with one attached hydrogen (secondary N) is 2. The van der Waals surface area contributed by atoms with Gasteiger partial charge in [0.2, 0.25) is 5.95 Å². The predicted octanol–water partition coefficient (Wildman–Crippen LogP) is 1.10. The first-order chi connectivity index (χ1) is 13.0. The van der Waals surface area contributed by atoms with Crippen LogP contribution < -0.4 is 15.1 Å². The Morgan fingerprint density at radius 2 is 2.30 bits per heavy atom. The number of aryl methyl sites for hydroxylation is 1. The van der Waals surface area contributed by atoms with Gasteiger partial charge in [-0.25, -0.2) is 9.37 Å². The Kier molecular flexibility index (Phi) is 4.67. The molecule has 0 spiro atoms.